The number of carbonyl (C=O) groups excluding carboxylic acids is 1. The van der Waals surface area contributed by atoms with E-state index in [0.717, 1.165) is 12.8 Å². The fourth-order valence-electron chi connectivity index (χ4n) is 2.51. The lowest BCUT2D eigenvalue weighted by Gasteiger charge is -2.33. The lowest BCUT2D eigenvalue weighted by molar-refractivity contribution is -0.120. The van der Waals surface area contributed by atoms with Gasteiger partial charge in [-0.1, -0.05) is 13.8 Å². The molecular weight excluding hydrogens is 200 g/mol. The van der Waals surface area contributed by atoms with E-state index >= 15 is 0 Å². The van der Waals surface area contributed by atoms with Crippen LogP contribution in [-0.2, 0) is 18.3 Å². The largest absolute Gasteiger partial charge is 0.354 e. The quantitative estimate of drug-likeness (QED) is 0.829. The lowest BCUT2D eigenvalue weighted by Crippen LogP contribution is -2.48. The van der Waals surface area contributed by atoms with E-state index in [9.17, 15) is 4.79 Å². The summed E-state index contributed by atoms with van der Waals surface area (Å²) in [5.41, 5.74) is 1.25. The van der Waals surface area contributed by atoms with Crippen LogP contribution in [0.2, 0.25) is 0 Å². The SMILES string of the molecule is CC(C)C1(Cc2cccn2C)CCC(=O)N1. The van der Waals surface area contributed by atoms with Crippen LogP contribution in [0.15, 0.2) is 18.3 Å². The number of nitrogens with zero attached hydrogens (tertiary/aromatic N) is 1. The molecule has 0 aliphatic carbocycles. The Kier molecular flexibility index (Phi) is 2.78. The molecule has 3 nitrogen and oxygen atoms in total. The van der Waals surface area contributed by atoms with Gasteiger partial charge in [0.2, 0.25) is 5.91 Å². The zero-order valence-corrected chi connectivity index (χ0v) is 10.3. The van der Waals surface area contributed by atoms with Crippen molar-refractivity contribution in [2.24, 2.45) is 13.0 Å². The second-order valence-electron chi connectivity index (χ2n) is 5.15. The topological polar surface area (TPSA) is 34.0 Å². The minimum absolute atomic E-state index is 0.0385. The van der Waals surface area contributed by atoms with Crippen LogP contribution in [0.4, 0.5) is 0 Å². The van der Waals surface area contributed by atoms with Crippen LogP contribution < -0.4 is 5.32 Å². The maximum absolute atomic E-state index is 11.5. The lowest BCUT2D eigenvalue weighted by atomic mass is 9.81. The third-order valence-electron chi connectivity index (χ3n) is 3.84. The fraction of sp³-hybridized carbons (Fsp3) is 0.615. The molecule has 2 heterocycles. The molecule has 1 amide bonds. The second-order valence-corrected chi connectivity index (χ2v) is 5.15. The van der Waals surface area contributed by atoms with Crippen LogP contribution >= 0.6 is 0 Å². The van der Waals surface area contributed by atoms with Gasteiger partial charge in [-0.15, -0.1) is 0 Å². The first kappa shape index (κ1) is 11.2. The van der Waals surface area contributed by atoms with Crippen molar-refractivity contribution in [1.82, 2.24) is 9.88 Å². The van der Waals surface area contributed by atoms with Crippen molar-refractivity contribution < 1.29 is 4.79 Å². The molecule has 2 rings (SSSR count). The molecule has 1 saturated heterocycles. The van der Waals surface area contributed by atoms with Gasteiger partial charge in [0.05, 0.1) is 0 Å². The summed E-state index contributed by atoms with van der Waals surface area (Å²) in [6.45, 7) is 4.38. The summed E-state index contributed by atoms with van der Waals surface area (Å²) < 4.78 is 2.13. The summed E-state index contributed by atoms with van der Waals surface area (Å²) >= 11 is 0. The summed E-state index contributed by atoms with van der Waals surface area (Å²) in [5, 5.41) is 3.18. The van der Waals surface area contributed by atoms with Gasteiger partial charge in [0.1, 0.15) is 0 Å². The van der Waals surface area contributed by atoms with Crippen molar-refractivity contribution in [2.45, 2.75) is 38.6 Å². The Balaban J connectivity index is 2.22. The maximum atomic E-state index is 11.5. The van der Waals surface area contributed by atoms with Gasteiger partial charge in [-0.05, 0) is 24.5 Å². The number of hydrogen-bond acceptors (Lipinski definition) is 1. The van der Waals surface area contributed by atoms with E-state index in [-0.39, 0.29) is 11.4 Å². The third kappa shape index (κ3) is 1.86. The van der Waals surface area contributed by atoms with E-state index < -0.39 is 0 Å². The first-order valence-electron chi connectivity index (χ1n) is 5.95. The molecule has 0 radical (unpaired) electrons. The van der Waals surface area contributed by atoms with Crippen LogP contribution in [0.1, 0.15) is 32.4 Å². The van der Waals surface area contributed by atoms with Gasteiger partial charge in [0.25, 0.3) is 0 Å². The van der Waals surface area contributed by atoms with E-state index in [1.165, 1.54) is 5.69 Å². The van der Waals surface area contributed by atoms with Crippen molar-refractivity contribution >= 4 is 5.91 Å². The van der Waals surface area contributed by atoms with Gasteiger partial charge in [-0.2, -0.15) is 0 Å². The van der Waals surface area contributed by atoms with E-state index in [1.807, 2.05) is 0 Å². The monoisotopic (exact) mass is 220 g/mol. The number of aromatic nitrogens is 1. The molecule has 0 spiro atoms. The first-order valence-corrected chi connectivity index (χ1v) is 5.95. The van der Waals surface area contributed by atoms with Crippen molar-refractivity contribution in [2.75, 3.05) is 0 Å². The Morgan fingerprint density at radius 3 is 2.75 bits per heavy atom. The molecule has 1 N–H and O–H groups in total. The molecule has 1 aliphatic heterocycles. The minimum Gasteiger partial charge on any atom is -0.354 e. The number of amides is 1. The molecule has 3 heteroatoms. The van der Waals surface area contributed by atoms with Crippen molar-refractivity contribution in [3.63, 3.8) is 0 Å². The molecule has 1 fully saturated rings. The Morgan fingerprint density at radius 2 is 2.31 bits per heavy atom. The van der Waals surface area contributed by atoms with Gasteiger partial charge in [0.15, 0.2) is 0 Å². The smallest absolute Gasteiger partial charge is 0.220 e. The first-order chi connectivity index (χ1) is 7.53. The average molecular weight is 220 g/mol. The summed E-state index contributed by atoms with van der Waals surface area (Å²) in [7, 11) is 2.06. The number of aryl methyl sites for hydroxylation is 1. The van der Waals surface area contributed by atoms with Gasteiger partial charge >= 0.3 is 0 Å². The maximum Gasteiger partial charge on any atom is 0.220 e. The highest BCUT2D eigenvalue weighted by Gasteiger charge is 2.40. The third-order valence-corrected chi connectivity index (χ3v) is 3.84. The molecule has 16 heavy (non-hydrogen) atoms. The Morgan fingerprint density at radius 1 is 1.56 bits per heavy atom. The predicted octanol–water partition coefficient (Wildman–Crippen LogP) is 1.87. The van der Waals surface area contributed by atoms with E-state index in [4.69, 9.17) is 0 Å². The van der Waals surface area contributed by atoms with Gasteiger partial charge in [0, 0.05) is 37.3 Å². The number of hydrogen-bond donors (Lipinski definition) is 1. The normalized spacial score (nSPS) is 25.1. The summed E-state index contributed by atoms with van der Waals surface area (Å²) in [6.07, 6.45) is 4.61. The van der Waals surface area contributed by atoms with Crippen LogP contribution in [0.3, 0.4) is 0 Å². The van der Waals surface area contributed by atoms with Crippen LogP contribution in [0.25, 0.3) is 0 Å². The zero-order chi connectivity index (χ0) is 11.8. The molecule has 0 aromatic carbocycles. The van der Waals surface area contributed by atoms with E-state index in [1.54, 1.807) is 0 Å². The van der Waals surface area contributed by atoms with Crippen molar-refractivity contribution in [1.29, 1.82) is 0 Å². The van der Waals surface area contributed by atoms with Crippen LogP contribution in [0.5, 0.6) is 0 Å². The number of carbonyl (C=O) groups is 1. The van der Waals surface area contributed by atoms with E-state index in [0.29, 0.717) is 12.3 Å². The molecule has 1 aromatic rings. The standard InChI is InChI=1S/C13H20N2O/c1-10(2)13(7-6-12(16)14-13)9-11-5-4-8-15(11)3/h4-5,8,10H,6-7,9H2,1-3H3,(H,14,16). The number of rotatable bonds is 3. The Hall–Kier alpha value is -1.25. The molecule has 1 unspecified atom stereocenters. The minimum atomic E-state index is -0.0385. The average Bonchev–Trinajstić information content (AvgIpc) is 2.76. The molecule has 1 atom stereocenters. The van der Waals surface area contributed by atoms with Crippen LogP contribution in [-0.4, -0.2) is 16.0 Å². The highest BCUT2D eigenvalue weighted by molar-refractivity contribution is 5.79. The number of nitrogens with one attached hydrogen (secondary N) is 1. The summed E-state index contributed by atoms with van der Waals surface area (Å²) in [4.78, 5) is 11.5. The van der Waals surface area contributed by atoms with Gasteiger partial charge < -0.3 is 9.88 Å². The van der Waals surface area contributed by atoms with Crippen molar-refractivity contribution in [3.05, 3.63) is 24.0 Å². The zero-order valence-electron chi connectivity index (χ0n) is 10.3. The predicted molar refractivity (Wildman–Crippen MR) is 64.1 cm³/mol. The highest BCUT2D eigenvalue weighted by atomic mass is 16.2. The molecule has 88 valence electrons. The second kappa shape index (κ2) is 3.96. The van der Waals surface area contributed by atoms with Crippen LogP contribution in [0, 0.1) is 5.92 Å². The Bertz CT molecular complexity index is 394. The van der Waals surface area contributed by atoms with E-state index in [2.05, 4.69) is 49.1 Å². The highest BCUT2D eigenvalue weighted by Crippen LogP contribution is 2.31. The molecule has 0 bridgehead atoms. The molecule has 1 aromatic heterocycles. The van der Waals surface area contributed by atoms with Gasteiger partial charge in [-0.25, -0.2) is 0 Å². The van der Waals surface area contributed by atoms with Gasteiger partial charge in [-0.3, -0.25) is 4.79 Å². The molecular formula is C13H20N2O. The molecule has 0 saturated carbocycles. The Labute approximate surface area is 96.8 Å². The molecule has 1 aliphatic rings. The summed E-state index contributed by atoms with van der Waals surface area (Å²) in [6, 6.07) is 4.19. The summed E-state index contributed by atoms with van der Waals surface area (Å²) in [5.74, 6) is 0.664. The van der Waals surface area contributed by atoms with Crippen molar-refractivity contribution in [3.8, 4) is 0 Å². The fourth-order valence-corrected chi connectivity index (χ4v) is 2.51.